The second kappa shape index (κ2) is 6.07. The van der Waals surface area contributed by atoms with Crippen LogP contribution in [0.25, 0.3) is 27.8 Å². The minimum Gasteiger partial charge on any atom is -0.390 e. The molecule has 0 aliphatic carbocycles. The van der Waals surface area contributed by atoms with Crippen molar-refractivity contribution >= 4 is 22.5 Å². The van der Waals surface area contributed by atoms with E-state index >= 15 is 0 Å². The molecular formula is C19H14ClN3O. The molecule has 2 aromatic heterocycles. The molecule has 0 aliphatic rings. The molecule has 2 aromatic carbocycles. The first-order valence-electron chi connectivity index (χ1n) is 7.54. The van der Waals surface area contributed by atoms with Crippen molar-refractivity contribution in [1.82, 2.24) is 14.5 Å². The lowest BCUT2D eigenvalue weighted by molar-refractivity contribution is 0.277. The fourth-order valence-electron chi connectivity index (χ4n) is 2.73. The highest BCUT2D eigenvalue weighted by Crippen LogP contribution is 2.29. The minimum absolute atomic E-state index is 0.0899. The Morgan fingerprint density at radius 2 is 1.88 bits per heavy atom. The first-order valence-corrected chi connectivity index (χ1v) is 7.92. The summed E-state index contributed by atoms with van der Waals surface area (Å²) in [7, 11) is 0. The van der Waals surface area contributed by atoms with Gasteiger partial charge in [-0.05, 0) is 24.3 Å². The van der Waals surface area contributed by atoms with E-state index in [0.717, 1.165) is 27.8 Å². The number of hydrogen-bond acceptors (Lipinski definition) is 3. The topological polar surface area (TPSA) is 50.9 Å². The predicted molar refractivity (Wildman–Crippen MR) is 95.2 cm³/mol. The Morgan fingerprint density at radius 3 is 2.62 bits per heavy atom. The molecular weight excluding hydrogens is 322 g/mol. The summed E-state index contributed by atoms with van der Waals surface area (Å²) >= 11 is 6.15. The van der Waals surface area contributed by atoms with Gasteiger partial charge in [0.05, 0.1) is 35.5 Å². The van der Waals surface area contributed by atoms with Crippen molar-refractivity contribution in [3.8, 4) is 16.9 Å². The van der Waals surface area contributed by atoms with Crippen molar-refractivity contribution in [2.75, 3.05) is 0 Å². The molecule has 4 rings (SSSR count). The Morgan fingerprint density at radius 1 is 1.04 bits per heavy atom. The zero-order chi connectivity index (χ0) is 16.5. The monoisotopic (exact) mass is 335 g/mol. The van der Waals surface area contributed by atoms with Gasteiger partial charge in [-0.2, -0.15) is 0 Å². The Kier molecular flexibility index (Phi) is 3.76. The summed E-state index contributed by atoms with van der Waals surface area (Å²) in [6.07, 6.45) is 3.52. The molecule has 24 heavy (non-hydrogen) atoms. The Balaban J connectivity index is 1.99. The van der Waals surface area contributed by atoms with Crippen molar-refractivity contribution in [2.45, 2.75) is 6.61 Å². The van der Waals surface area contributed by atoms with Crippen LogP contribution < -0.4 is 0 Å². The van der Waals surface area contributed by atoms with Gasteiger partial charge in [0.25, 0.3) is 0 Å². The SMILES string of the molecule is OCc1cn(-c2cc(-c3ccccc3)nc3cc(Cl)ccc23)cn1. The maximum absolute atomic E-state index is 9.27. The van der Waals surface area contributed by atoms with Crippen LogP contribution in [0.4, 0.5) is 0 Å². The molecule has 118 valence electrons. The summed E-state index contributed by atoms with van der Waals surface area (Å²) < 4.78 is 1.90. The normalized spacial score (nSPS) is 11.1. The van der Waals surface area contributed by atoms with E-state index < -0.39 is 0 Å². The number of hydrogen-bond donors (Lipinski definition) is 1. The largest absolute Gasteiger partial charge is 0.390 e. The van der Waals surface area contributed by atoms with Gasteiger partial charge < -0.3 is 9.67 Å². The second-order valence-electron chi connectivity index (χ2n) is 5.48. The van der Waals surface area contributed by atoms with Crippen LogP contribution in [0.2, 0.25) is 5.02 Å². The third-order valence-electron chi connectivity index (χ3n) is 3.90. The first kappa shape index (κ1) is 14.9. The van der Waals surface area contributed by atoms with E-state index in [-0.39, 0.29) is 6.61 Å². The standard InChI is InChI=1S/C19H14ClN3O/c20-14-6-7-16-18(8-14)22-17(13-4-2-1-3-5-13)9-19(16)23-10-15(11-24)21-12-23/h1-10,12,24H,11H2. The van der Waals surface area contributed by atoms with Crippen molar-refractivity contribution in [1.29, 1.82) is 0 Å². The lowest BCUT2D eigenvalue weighted by atomic mass is 10.1. The van der Waals surface area contributed by atoms with Gasteiger partial charge in [0, 0.05) is 22.2 Å². The average Bonchev–Trinajstić information content (AvgIpc) is 3.10. The maximum Gasteiger partial charge on any atom is 0.0996 e. The molecule has 2 heterocycles. The van der Waals surface area contributed by atoms with E-state index in [4.69, 9.17) is 16.6 Å². The lowest BCUT2D eigenvalue weighted by Crippen LogP contribution is -1.96. The summed E-state index contributed by atoms with van der Waals surface area (Å²) in [4.78, 5) is 8.96. The van der Waals surface area contributed by atoms with E-state index in [0.29, 0.717) is 10.7 Å². The zero-order valence-corrected chi connectivity index (χ0v) is 13.5. The van der Waals surface area contributed by atoms with Gasteiger partial charge >= 0.3 is 0 Å². The Hall–Kier alpha value is -2.69. The van der Waals surface area contributed by atoms with Crippen LogP contribution >= 0.6 is 11.6 Å². The quantitative estimate of drug-likeness (QED) is 0.609. The molecule has 0 amide bonds. The minimum atomic E-state index is -0.0899. The number of benzene rings is 2. The van der Waals surface area contributed by atoms with Crippen LogP contribution in [0.5, 0.6) is 0 Å². The van der Waals surface area contributed by atoms with Crippen LogP contribution in [0.15, 0.2) is 67.1 Å². The van der Waals surface area contributed by atoms with Gasteiger partial charge in [-0.3, -0.25) is 0 Å². The average molecular weight is 336 g/mol. The Labute approximate surface area is 144 Å². The molecule has 0 saturated carbocycles. The highest BCUT2D eigenvalue weighted by atomic mass is 35.5. The molecule has 0 unspecified atom stereocenters. The number of pyridine rings is 1. The number of rotatable bonds is 3. The van der Waals surface area contributed by atoms with E-state index in [9.17, 15) is 5.11 Å². The van der Waals surface area contributed by atoms with E-state index in [2.05, 4.69) is 4.98 Å². The number of aromatic nitrogens is 3. The molecule has 0 atom stereocenters. The van der Waals surface area contributed by atoms with Gasteiger partial charge in [-0.1, -0.05) is 41.9 Å². The van der Waals surface area contributed by atoms with Crippen molar-refractivity contribution in [2.24, 2.45) is 0 Å². The van der Waals surface area contributed by atoms with Gasteiger partial charge in [0.1, 0.15) is 0 Å². The highest BCUT2D eigenvalue weighted by molar-refractivity contribution is 6.31. The van der Waals surface area contributed by atoms with Gasteiger partial charge in [-0.15, -0.1) is 0 Å². The Bertz CT molecular complexity index is 1010. The summed E-state index contributed by atoms with van der Waals surface area (Å²) in [6, 6.07) is 17.7. The van der Waals surface area contributed by atoms with E-state index in [1.165, 1.54) is 0 Å². The highest BCUT2D eigenvalue weighted by Gasteiger charge is 2.10. The molecule has 1 N–H and O–H groups in total. The van der Waals surface area contributed by atoms with Gasteiger partial charge in [0.15, 0.2) is 0 Å². The maximum atomic E-state index is 9.27. The fourth-order valence-corrected chi connectivity index (χ4v) is 2.90. The van der Waals surface area contributed by atoms with Crippen LogP contribution in [-0.2, 0) is 6.61 Å². The van der Waals surface area contributed by atoms with Gasteiger partial charge in [-0.25, -0.2) is 9.97 Å². The third kappa shape index (κ3) is 2.66. The van der Waals surface area contributed by atoms with Crippen LogP contribution in [0, 0.1) is 0 Å². The number of imidazole rings is 1. The molecule has 0 saturated heterocycles. The van der Waals surface area contributed by atoms with Gasteiger partial charge in [0.2, 0.25) is 0 Å². The molecule has 0 fully saturated rings. The molecule has 0 bridgehead atoms. The number of aliphatic hydroxyl groups excluding tert-OH is 1. The molecule has 0 spiro atoms. The number of aliphatic hydroxyl groups is 1. The predicted octanol–water partition coefficient (Wildman–Crippen LogP) is 4.23. The van der Waals surface area contributed by atoms with E-state index in [1.807, 2.05) is 65.4 Å². The number of halogens is 1. The summed E-state index contributed by atoms with van der Waals surface area (Å²) in [6.45, 7) is -0.0899. The molecule has 0 radical (unpaired) electrons. The lowest BCUT2D eigenvalue weighted by Gasteiger charge is -2.11. The van der Waals surface area contributed by atoms with Crippen molar-refractivity contribution < 1.29 is 5.11 Å². The summed E-state index contributed by atoms with van der Waals surface area (Å²) in [5.41, 5.74) is 4.28. The third-order valence-corrected chi connectivity index (χ3v) is 4.13. The van der Waals surface area contributed by atoms with Crippen LogP contribution in [0.1, 0.15) is 5.69 Å². The molecule has 5 heteroatoms. The molecule has 0 aliphatic heterocycles. The molecule has 4 aromatic rings. The number of fused-ring (bicyclic) bond motifs is 1. The zero-order valence-electron chi connectivity index (χ0n) is 12.7. The van der Waals surface area contributed by atoms with Crippen LogP contribution in [0.3, 0.4) is 0 Å². The smallest absolute Gasteiger partial charge is 0.0996 e. The summed E-state index contributed by atoms with van der Waals surface area (Å²) in [5, 5.41) is 10.9. The summed E-state index contributed by atoms with van der Waals surface area (Å²) in [5.74, 6) is 0. The van der Waals surface area contributed by atoms with Crippen molar-refractivity contribution in [3.63, 3.8) is 0 Å². The van der Waals surface area contributed by atoms with Crippen molar-refractivity contribution in [3.05, 3.63) is 77.8 Å². The molecule has 4 nitrogen and oxygen atoms in total. The fraction of sp³-hybridized carbons (Fsp3) is 0.0526. The number of nitrogens with zero attached hydrogens (tertiary/aromatic N) is 3. The first-order chi connectivity index (χ1) is 11.7. The van der Waals surface area contributed by atoms with E-state index in [1.54, 1.807) is 6.33 Å². The van der Waals surface area contributed by atoms with Crippen LogP contribution in [-0.4, -0.2) is 19.6 Å². The second-order valence-corrected chi connectivity index (χ2v) is 5.92.